The van der Waals surface area contributed by atoms with Gasteiger partial charge in [0.05, 0.1) is 12.4 Å². The molecule has 0 aromatic carbocycles. The fraction of sp³-hybridized carbons (Fsp3) is 0.667. The Morgan fingerprint density at radius 3 is 2.60 bits per heavy atom. The number of hydrogen-bond acceptors (Lipinski definition) is 3. The maximum Gasteiger partial charge on any atom is 0.302 e. The van der Waals surface area contributed by atoms with E-state index in [-0.39, 0.29) is 5.97 Å². The number of amidine groups is 1. The van der Waals surface area contributed by atoms with E-state index < -0.39 is 0 Å². The van der Waals surface area contributed by atoms with Gasteiger partial charge in [-0.25, -0.2) is 0 Å². The SMILES string of the molecule is CC(=O)OCCN=C(C)N. The van der Waals surface area contributed by atoms with Gasteiger partial charge < -0.3 is 10.5 Å². The van der Waals surface area contributed by atoms with Crippen LogP contribution in [0, 0.1) is 0 Å². The minimum absolute atomic E-state index is 0.287. The van der Waals surface area contributed by atoms with Crippen LogP contribution in [0.15, 0.2) is 4.99 Å². The summed E-state index contributed by atoms with van der Waals surface area (Å²) in [6.45, 7) is 3.80. The summed E-state index contributed by atoms with van der Waals surface area (Å²) in [5.41, 5.74) is 5.22. The number of aliphatic imine (C=N–C) groups is 1. The van der Waals surface area contributed by atoms with Gasteiger partial charge in [0.2, 0.25) is 0 Å². The van der Waals surface area contributed by atoms with Crippen molar-refractivity contribution >= 4 is 11.8 Å². The second-order valence-electron chi connectivity index (χ2n) is 1.86. The van der Waals surface area contributed by atoms with Crippen molar-refractivity contribution in [3.05, 3.63) is 0 Å². The number of ether oxygens (including phenoxy) is 1. The van der Waals surface area contributed by atoms with Crippen LogP contribution >= 0.6 is 0 Å². The third-order valence-electron chi connectivity index (χ3n) is 0.758. The Bertz CT molecular complexity index is 139. The Balaban J connectivity index is 3.21. The van der Waals surface area contributed by atoms with Crippen molar-refractivity contribution in [2.45, 2.75) is 13.8 Å². The number of nitrogens with zero attached hydrogens (tertiary/aromatic N) is 1. The summed E-state index contributed by atoms with van der Waals surface area (Å²) in [6.07, 6.45) is 0. The minimum Gasteiger partial charge on any atom is -0.464 e. The lowest BCUT2D eigenvalue weighted by molar-refractivity contribution is -0.140. The van der Waals surface area contributed by atoms with Crippen LogP contribution in [0.2, 0.25) is 0 Å². The Morgan fingerprint density at radius 1 is 1.60 bits per heavy atom. The second-order valence-corrected chi connectivity index (χ2v) is 1.86. The Kier molecular flexibility index (Phi) is 4.28. The average Bonchev–Trinajstić information content (AvgIpc) is 1.79. The van der Waals surface area contributed by atoms with Crippen LogP contribution in [-0.2, 0) is 9.53 Å². The monoisotopic (exact) mass is 144 g/mol. The van der Waals surface area contributed by atoms with E-state index in [0.29, 0.717) is 19.0 Å². The smallest absolute Gasteiger partial charge is 0.302 e. The standard InChI is InChI=1S/C6H12N2O2/c1-5(7)8-3-4-10-6(2)9/h3-4H2,1-2H3,(H2,7,8). The first-order valence-corrected chi connectivity index (χ1v) is 3.03. The number of esters is 1. The maximum atomic E-state index is 10.2. The molecule has 0 radical (unpaired) electrons. The summed E-state index contributed by atoms with van der Waals surface area (Å²) in [5.74, 6) is 0.219. The van der Waals surface area contributed by atoms with Crippen LogP contribution < -0.4 is 5.73 Å². The molecule has 0 atom stereocenters. The highest BCUT2D eigenvalue weighted by molar-refractivity contribution is 5.77. The summed E-state index contributed by atoms with van der Waals surface area (Å²) in [7, 11) is 0. The number of hydrogen-bond donors (Lipinski definition) is 1. The van der Waals surface area contributed by atoms with Crippen molar-refractivity contribution in [3.63, 3.8) is 0 Å². The van der Waals surface area contributed by atoms with E-state index in [1.54, 1.807) is 6.92 Å². The first kappa shape index (κ1) is 8.94. The van der Waals surface area contributed by atoms with Gasteiger partial charge in [-0.3, -0.25) is 9.79 Å². The van der Waals surface area contributed by atoms with Crippen LogP contribution in [-0.4, -0.2) is 25.0 Å². The van der Waals surface area contributed by atoms with Crippen LogP contribution in [0.3, 0.4) is 0 Å². The molecule has 2 N–H and O–H groups in total. The second kappa shape index (κ2) is 4.78. The van der Waals surface area contributed by atoms with Gasteiger partial charge in [0.1, 0.15) is 6.61 Å². The number of rotatable bonds is 3. The normalized spacial score (nSPS) is 11.2. The molecule has 0 unspecified atom stereocenters. The van der Waals surface area contributed by atoms with E-state index in [1.165, 1.54) is 6.92 Å². The van der Waals surface area contributed by atoms with E-state index in [0.717, 1.165) is 0 Å². The van der Waals surface area contributed by atoms with Gasteiger partial charge in [-0.1, -0.05) is 0 Å². The average molecular weight is 144 g/mol. The Morgan fingerprint density at radius 2 is 2.20 bits per heavy atom. The van der Waals surface area contributed by atoms with Crippen LogP contribution in [0.4, 0.5) is 0 Å². The zero-order chi connectivity index (χ0) is 7.98. The van der Waals surface area contributed by atoms with E-state index in [2.05, 4.69) is 9.73 Å². The summed E-state index contributed by atoms with van der Waals surface area (Å²) >= 11 is 0. The van der Waals surface area contributed by atoms with Gasteiger partial charge >= 0.3 is 5.97 Å². The molecule has 0 saturated carbocycles. The van der Waals surface area contributed by atoms with Crippen molar-refractivity contribution in [3.8, 4) is 0 Å². The van der Waals surface area contributed by atoms with Crippen molar-refractivity contribution in [1.29, 1.82) is 0 Å². The quantitative estimate of drug-likeness (QED) is 0.261. The highest BCUT2D eigenvalue weighted by Gasteiger charge is 1.89. The zero-order valence-corrected chi connectivity index (χ0v) is 6.26. The third-order valence-corrected chi connectivity index (χ3v) is 0.758. The van der Waals surface area contributed by atoms with Gasteiger partial charge in [0.25, 0.3) is 0 Å². The Labute approximate surface area is 60.1 Å². The van der Waals surface area contributed by atoms with Crippen molar-refractivity contribution < 1.29 is 9.53 Å². The lowest BCUT2D eigenvalue weighted by Gasteiger charge is -1.96. The molecule has 0 aliphatic heterocycles. The summed E-state index contributed by atoms with van der Waals surface area (Å²) < 4.78 is 4.59. The first-order chi connectivity index (χ1) is 4.63. The number of carbonyl (C=O) groups excluding carboxylic acids is 1. The van der Waals surface area contributed by atoms with Crippen LogP contribution in [0.25, 0.3) is 0 Å². The van der Waals surface area contributed by atoms with E-state index in [9.17, 15) is 4.79 Å². The molecule has 4 heteroatoms. The van der Waals surface area contributed by atoms with E-state index in [1.807, 2.05) is 0 Å². The highest BCUT2D eigenvalue weighted by Crippen LogP contribution is 1.77. The fourth-order valence-corrected chi connectivity index (χ4v) is 0.411. The molecule has 0 saturated heterocycles. The number of nitrogens with two attached hydrogens (primary N) is 1. The molecule has 4 nitrogen and oxygen atoms in total. The molecule has 0 rings (SSSR count). The third kappa shape index (κ3) is 6.94. The van der Waals surface area contributed by atoms with Crippen LogP contribution in [0.1, 0.15) is 13.8 Å². The van der Waals surface area contributed by atoms with Crippen molar-refractivity contribution in [1.82, 2.24) is 0 Å². The molecule has 0 aliphatic rings. The molecular weight excluding hydrogens is 132 g/mol. The van der Waals surface area contributed by atoms with Gasteiger partial charge in [0.15, 0.2) is 0 Å². The van der Waals surface area contributed by atoms with Gasteiger partial charge in [-0.2, -0.15) is 0 Å². The minimum atomic E-state index is -0.287. The highest BCUT2D eigenvalue weighted by atomic mass is 16.5. The molecular formula is C6H12N2O2. The van der Waals surface area contributed by atoms with Gasteiger partial charge in [0, 0.05) is 6.92 Å². The molecule has 0 heterocycles. The molecule has 0 bridgehead atoms. The summed E-state index contributed by atoms with van der Waals surface area (Å²) in [6, 6.07) is 0. The predicted molar refractivity (Wildman–Crippen MR) is 38.8 cm³/mol. The van der Waals surface area contributed by atoms with Gasteiger partial charge in [-0.15, -0.1) is 0 Å². The van der Waals surface area contributed by atoms with Gasteiger partial charge in [-0.05, 0) is 6.92 Å². The van der Waals surface area contributed by atoms with Crippen LogP contribution in [0.5, 0.6) is 0 Å². The first-order valence-electron chi connectivity index (χ1n) is 3.03. The Hall–Kier alpha value is -1.06. The summed E-state index contributed by atoms with van der Waals surface area (Å²) in [5, 5.41) is 0. The molecule has 0 spiro atoms. The largest absolute Gasteiger partial charge is 0.464 e. The molecule has 0 aromatic rings. The topological polar surface area (TPSA) is 64.7 Å². The van der Waals surface area contributed by atoms with E-state index >= 15 is 0 Å². The molecule has 10 heavy (non-hydrogen) atoms. The lowest BCUT2D eigenvalue weighted by atomic mass is 10.6. The van der Waals surface area contributed by atoms with E-state index in [4.69, 9.17) is 5.73 Å². The molecule has 0 amide bonds. The molecule has 58 valence electrons. The molecule has 0 aromatic heterocycles. The van der Waals surface area contributed by atoms with Crippen molar-refractivity contribution in [2.75, 3.05) is 13.2 Å². The summed E-state index contributed by atoms with van der Waals surface area (Å²) in [4.78, 5) is 14.0. The molecule has 0 fully saturated rings. The molecule has 0 aliphatic carbocycles. The number of carbonyl (C=O) groups is 1. The maximum absolute atomic E-state index is 10.2. The predicted octanol–water partition coefficient (Wildman–Crippen LogP) is -0.0734. The zero-order valence-electron chi connectivity index (χ0n) is 6.26. The van der Waals surface area contributed by atoms with Crippen molar-refractivity contribution in [2.24, 2.45) is 10.7 Å². The lowest BCUT2D eigenvalue weighted by Crippen LogP contribution is -2.09. The fourth-order valence-electron chi connectivity index (χ4n) is 0.411.